The fourth-order valence-corrected chi connectivity index (χ4v) is 3.06. The van der Waals surface area contributed by atoms with Gasteiger partial charge in [0.15, 0.2) is 16.9 Å². The van der Waals surface area contributed by atoms with Gasteiger partial charge in [-0.2, -0.15) is 4.98 Å². The molecule has 0 aliphatic heterocycles. The number of nitrogens with zero attached hydrogens (tertiary/aromatic N) is 5. The second-order valence-corrected chi connectivity index (χ2v) is 7.12. The summed E-state index contributed by atoms with van der Waals surface area (Å²) in [6.45, 7) is -0.0565. The molecule has 0 fully saturated rings. The van der Waals surface area contributed by atoms with Gasteiger partial charge in [0.2, 0.25) is 5.95 Å². The van der Waals surface area contributed by atoms with Crippen LogP contribution in [-0.4, -0.2) is 38.6 Å². The van der Waals surface area contributed by atoms with Crippen LogP contribution in [0.25, 0.3) is 11.2 Å². The lowest BCUT2D eigenvalue weighted by Crippen LogP contribution is -2.37. The molecule has 0 N–H and O–H groups in total. The highest BCUT2D eigenvalue weighted by molar-refractivity contribution is 9.10. The number of rotatable bonds is 4. The summed E-state index contributed by atoms with van der Waals surface area (Å²) in [5.74, 6) is 0.277. The lowest BCUT2D eigenvalue weighted by atomic mass is 10.1. The molecule has 0 saturated carbocycles. The first-order chi connectivity index (χ1) is 12.2. The lowest BCUT2D eigenvalue weighted by molar-refractivity contribution is 0.0973. The number of benzene rings is 1. The number of imidazole rings is 1. The molecule has 0 unspecified atom stereocenters. The Hall–Kier alpha value is -2.68. The molecule has 0 bridgehead atoms. The van der Waals surface area contributed by atoms with Crippen LogP contribution < -0.4 is 16.1 Å². The van der Waals surface area contributed by atoms with E-state index in [9.17, 15) is 14.4 Å². The van der Waals surface area contributed by atoms with E-state index in [1.54, 1.807) is 54.9 Å². The SMILES string of the molecule is CN(C)c1nc2c(c(=O)n(C)c(=O)n2C)n1CC(=O)c1ccc(Br)cc1. The molecule has 0 saturated heterocycles. The van der Waals surface area contributed by atoms with Crippen LogP contribution in [0, 0.1) is 0 Å². The van der Waals surface area contributed by atoms with Crippen molar-refractivity contribution in [2.45, 2.75) is 6.54 Å². The molecule has 1 aromatic carbocycles. The summed E-state index contributed by atoms with van der Waals surface area (Å²) in [7, 11) is 6.50. The molecular weight excluding hydrogens is 402 g/mol. The van der Waals surface area contributed by atoms with Gasteiger partial charge in [0.05, 0.1) is 6.54 Å². The number of aryl methyl sites for hydroxylation is 1. The molecule has 3 aromatic rings. The Morgan fingerprint density at radius 1 is 1.12 bits per heavy atom. The third-order valence-corrected chi connectivity index (χ3v) is 4.72. The highest BCUT2D eigenvalue weighted by Gasteiger charge is 2.22. The van der Waals surface area contributed by atoms with Crippen molar-refractivity contribution in [3.63, 3.8) is 0 Å². The van der Waals surface area contributed by atoms with Crippen molar-refractivity contribution >= 4 is 38.8 Å². The number of fused-ring (bicyclic) bond motifs is 1. The zero-order valence-corrected chi connectivity index (χ0v) is 16.4. The van der Waals surface area contributed by atoms with Gasteiger partial charge in [-0.25, -0.2) is 4.79 Å². The highest BCUT2D eigenvalue weighted by atomic mass is 79.9. The Morgan fingerprint density at radius 2 is 1.73 bits per heavy atom. The summed E-state index contributed by atoms with van der Waals surface area (Å²) in [5, 5.41) is 0. The van der Waals surface area contributed by atoms with E-state index in [0.29, 0.717) is 11.5 Å². The van der Waals surface area contributed by atoms with E-state index in [2.05, 4.69) is 20.9 Å². The van der Waals surface area contributed by atoms with Crippen LogP contribution in [0.4, 0.5) is 5.95 Å². The standard InChI is InChI=1S/C17H18BrN5O3/c1-20(2)16-19-14-13(15(25)22(4)17(26)21(14)3)23(16)9-12(24)10-5-7-11(18)8-6-10/h5-8H,9H2,1-4H3. The normalized spacial score (nSPS) is 11.1. The summed E-state index contributed by atoms with van der Waals surface area (Å²) in [5.41, 5.74) is 0.0690. The zero-order valence-electron chi connectivity index (χ0n) is 14.9. The quantitative estimate of drug-likeness (QED) is 0.592. The van der Waals surface area contributed by atoms with Crippen molar-refractivity contribution < 1.29 is 4.79 Å². The maximum atomic E-state index is 12.7. The minimum absolute atomic E-state index is 0.0565. The van der Waals surface area contributed by atoms with Crippen LogP contribution in [0.15, 0.2) is 38.3 Å². The van der Waals surface area contributed by atoms with E-state index in [1.165, 1.54) is 11.6 Å². The van der Waals surface area contributed by atoms with Crippen LogP contribution in [0.1, 0.15) is 10.4 Å². The average molecular weight is 420 g/mol. The molecule has 0 radical (unpaired) electrons. The van der Waals surface area contributed by atoms with E-state index >= 15 is 0 Å². The number of carbonyl (C=O) groups is 1. The molecular formula is C17H18BrN5O3. The van der Waals surface area contributed by atoms with Gasteiger partial charge >= 0.3 is 5.69 Å². The molecule has 3 rings (SSSR count). The van der Waals surface area contributed by atoms with E-state index in [4.69, 9.17) is 0 Å². The smallest absolute Gasteiger partial charge is 0.332 e. The third-order valence-electron chi connectivity index (χ3n) is 4.20. The van der Waals surface area contributed by atoms with Crippen LogP contribution in [0.5, 0.6) is 0 Å². The highest BCUT2D eigenvalue weighted by Crippen LogP contribution is 2.19. The van der Waals surface area contributed by atoms with Crippen molar-refractivity contribution in [3.8, 4) is 0 Å². The van der Waals surface area contributed by atoms with Crippen molar-refractivity contribution in [1.29, 1.82) is 0 Å². The lowest BCUT2D eigenvalue weighted by Gasteiger charge is -2.14. The largest absolute Gasteiger partial charge is 0.348 e. The topological polar surface area (TPSA) is 82.1 Å². The summed E-state index contributed by atoms with van der Waals surface area (Å²) < 4.78 is 4.76. The van der Waals surface area contributed by atoms with E-state index in [-0.39, 0.29) is 23.5 Å². The van der Waals surface area contributed by atoms with Gasteiger partial charge in [-0.3, -0.25) is 23.3 Å². The Morgan fingerprint density at radius 3 is 2.31 bits per heavy atom. The number of halogens is 1. The number of carbonyl (C=O) groups excluding carboxylic acids is 1. The van der Waals surface area contributed by atoms with Crippen LogP contribution in [0.3, 0.4) is 0 Å². The summed E-state index contributed by atoms with van der Waals surface area (Å²) in [4.78, 5) is 43.7. The molecule has 26 heavy (non-hydrogen) atoms. The number of ketones is 1. The Bertz CT molecular complexity index is 1120. The number of hydrogen-bond acceptors (Lipinski definition) is 5. The monoisotopic (exact) mass is 419 g/mol. The number of hydrogen-bond donors (Lipinski definition) is 0. The summed E-state index contributed by atoms with van der Waals surface area (Å²) in [6, 6.07) is 7.01. The summed E-state index contributed by atoms with van der Waals surface area (Å²) in [6.07, 6.45) is 0. The second-order valence-electron chi connectivity index (χ2n) is 6.20. The second kappa shape index (κ2) is 6.56. The first-order valence-corrected chi connectivity index (χ1v) is 8.64. The fraction of sp³-hybridized carbons (Fsp3) is 0.294. The molecule has 8 nitrogen and oxygen atoms in total. The minimum Gasteiger partial charge on any atom is -0.348 e. The maximum absolute atomic E-state index is 12.7. The third kappa shape index (κ3) is 2.88. The van der Waals surface area contributed by atoms with Gasteiger partial charge in [-0.1, -0.05) is 28.1 Å². The number of Topliss-reactive ketones (excluding diaryl/α,β-unsaturated/α-hetero) is 1. The minimum atomic E-state index is -0.479. The molecule has 136 valence electrons. The predicted octanol–water partition coefficient (Wildman–Crippen LogP) is 1.15. The van der Waals surface area contributed by atoms with Crippen LogP contribution >= 0.6 is 15.9 Å². The van der Waals surface area contributed by atoms with Crippen molar-refractivity contribution in [3.05, 3.63) is 55.1 Å². The van der Waals surface area contributed by atoms with Crippen molar-refractivity contribution in [2.24, 2.45) is 14.1 Å². The van der Waals surface area contributed by atoms with Gasteiger partial charge in [-0.05, 0) is 12.1 Å². The van der Waals surface area contributed by atoms with Gasteiger partial charge < -0.3 is 4.90 Å². The molecule has 2 aromatic heterocycles. The molecule has 9 heteroatoms. The fourth-order valence-electron chi connectivity index (χ4n) is 2.80. The molecule has 0 atom stereocenters. The van der Waals surface area contributed by atoms with Crippen LogP contribution in [0.2, 0.25) is 0 Å². The molecule has 2 heterocycles. The maximum Gasteiger partial charge on any atom is 0.332 e. The Kier molecular flexibility index (Phi) is 4.57. The van der Waals surface area contributed by atoms with Gasteiger partial charge in [0.1, 0.15) is 0 Å². The van der Waals surface area contributed by atoms with Crippen LogP contribution in [-0.2, 0) is 20.6 Å². The van der Waals surface area contributed by atoms with Gasteiger partial charge in [0, 0.05) is 38.2 Å². The van der Waals surface area contributed by atoms with E-state index in [0.717, 1.165) is 9.04 Å². The Labute approximate surface area is 157 Å². The van der Waals surface area contributed by atoms with Crippen molar-refractivity contribution in [1.82, 2.24) is 18.7 Å². The molecule has 0 aliphatic carbocycles. The summed E-state index contributed by atoms with van der Waals surface area (Å²) >= 11 is 3.34. The first-order valence-electron chi connectivity index (χ1n) is 7.84. The zero-order chi connectivity index (χ0) is 19.2. The molecule has 0 aliphatic rings. The van der Waals surface area contributed by atoms with E-state index in [1.807, 2.05) is 0 Å². The first kappa shape index (κ1) is 18.1. The number of aromatic nitrogens is 4. The average Bonchev–Trinajstić information content (AvgIpc) is 2.98. The van der Waals surface area contributed by atoms with Crippen molar-refractivity contribution in [2.75, 3.05) is 19.0 Å². The Balaban J connectivity index is 2.22. The molecule has 0 spiro atoms. The molecule has 0 amide bonds. The van der Waals surface area contributed by atoms with Gasteiger partial charge in [-0.15, -0.1) is 0 Å². The number of anilines is 1. The predicted molar refractivity (Wildman–Crippen MR) is 103 cm³/mol. The van der Waals surface area contributed by atoms with E-state index < -0.39 is 11.2 Å². The van der Waals surface area contributed by atoms with Gasteiger partial charge in [0.25, 0.3) is 5.56 Å².